The van der Waals surface area contributed by atoms with Crippen LogP contribution in [0, 0.1) is 10.1 Å². The first-order valence-electron chi connectivity index (χ1n) is 13.0. The van der Waals surface area contributed by atoms with Crippen molar-refractivity contribution in [3.8, 4) is 11.1 Å². The smallest absolute Gasteiger partial charge is 0.289 e. The van der Waals surface area contributed by atoms with Crippen molar-refractivity contribution in [2.45, 2.75) is 11.4 Å². The standard InChI is InChI=1S/C30H26Cl2N4O5S/c31-24-9-5-21(6-10-24)27-4-2-1-3-23(27)20-34-15-17-35(18-16-34)25-11-7-22(8-12-25)30(37)33-42(40,41)26-13-14-28(32)29(19-26)36(38)39/h1-14,19H,15-18,20H2,(H,33,37). The Balaban J connectivity index is 1.19. The van der Waals surface area contributed by atoms with Crippen LogP contribution < -0.4 is 9.62 Å². The summed E-state index contributed by atoms with van der Waals surface area (Å²) in [7, 11) is -4.35. The van der Waals surface area contributed by atoms with Crippen LogP contribution in [0.25, 0.3) is 11.1 Å². The fourth-order valence-electron chi connectivity index (χ4n) is 4.84. The second-order valence-electron chi connectivity index (χ2n) is 9.78. The number of rotatable bonds is 8. The van der Waals surface area contributed by atoms with Gasteiger partial charge in [-0.25, -0.2) is 13.1 Å². The molecule has 1 aliphatic heterocycles. The summed E-state index contributed by atoms with van der Waals surface area (Å²) in [5.41, 5.74) is 4.04. The summed E-state index contributed by atoms with van der Waals surface area (Å²) in [6, 6.07) is 25.9. The molecule has 12 heteroatoms. The predicted molar refractivity (Wildman–Crippen MR) is 164 cm³/mol. The Kier molecular flexibility index (Phi) is 8.79. The molecule has 4 aromatic rings. The molecule has 1 fully saturated rings. The number of benzene rings is 4. The zero-order valence-electron chi connectivity index (χ0n) is 22.2. The molecule has 1 aliphatic rings. The molecule has 1 heterocycles. The van der Waals surface area contributed by atoms with Crippen LogP contribution in [0.15, 0.2) is 95.9 Å². The first kappa shape index (κ1) is 29.5. The molecule has 5 rings (SSSR count). The quantitative estimate of drug-likeness (QED) is 0.189. The first-order chi connectivity index (χ1) is 20.1. The number of hydrogen-bond acceptors (Lipinski definition) is 7. The van der Waals surface area contributed by atoms with Crippen LogP contribution in [0.4, 0.5) is 11.4 Å². The highest BCUT2D eigenvalue weighted by atomic mass is 35.5. The molecule has 0 unspecified atom stereocenters. The molecule has 0 aliphatic carbocycles. The molecule has 216 valence electrons. The third-order valence-electron chi connectivity index (χ3n) is 7.09. The maximum absolute atomic E-state index is 12.7. The van der Waals surface area contributed by atoms with Crippen LogP contribution in [-0.4, -0.2) is 50.3 Å². The van der Waals surface area contributed by atoms with Crippen molar-refractivity contribution in [2.24, 2.45) is 0 Å². The normalized spacial score (nSPS) is 14.0. The topological polar surface area (TPSA) is 113 Å². The van der Waals surface area contributed by atoms with Gasteiger partial charge >= 0.3 is 0 Å². The van der Waals surface area contributed by atoms with Gasteiger partial charge in [0.15, 0.2) is 0 Å². The number of halogens is 2. The summed E-state index contributed by atoms with van der Waals surface area (Å²) in [6.07, 6.45) is 0. The Morgan fingerprint density at radius 2 is 1.55 bits per heavy atom. The van der Waals surface area contributed by atoms with E-state index in [4.69, 9.17) is 23.2 Å². The van der Waals surface area contributed by atoms with E-state index >= 15 is 0 Å². The highest BCUT2D eigenvalue weighted by Crippen LogP contribution is 2.28. The van der Waals surface area contributed by atoms with Crippen molar-refractivity contribution >= 4 is 50.5 Å². The second kappa shape index (κ2) is 12.5. The molecule has 42 heavy (non-hydrogen) atoms. The Morgan fingerprint density at radius 3 is 2.21 bits per heavy atom. The maximum Gasteiger partial charge on any atom is 0.289 e. The molecule has 0 bridgehead atoms. The van der Waals surface area contributed by atoms with E-state index in [1.165, 1.54) is 11.1 Å². The van der Waals surface area contributed by atoms with E-state index < -0.39 is 31.4 Å². The van der Waals surface area contributed by atoms with Gasteiger partial charge in [-0.2, -0.15) is 0 Å². The lowest BCUT2D eigenvalue weighted by Gasteiger charge is -2.36. The van der Waals surface area contributed by atoms with Crippen LogP contribution >= 0.6 is 23.2 Å². The third kappa shape index (κ3) is 6.74. The van der Waals surface area contributed by atoms with Gasteiger partial charge in [-0.1, -0.05) is 59.6 Å². The minimum atomic E-state index is -4.35. The Morgan fingerprint density at radius 1 is 0.881 bits per heavy atom. The van der Waals surface area contributed by atoms with Crippen molar-refractivity contribution in [3.05, 3.63) is 122 Å². The largest absolute Gasteiger partial charge is 0.369 e. The van der Waals surface area contributed by atoms with Gasteiger partial charge in [0, 0.05) is 55.1 Å². The fraction of sp³-hybridized carbons (Fsp3) is 0.167. The Bertz CT molecular complexity index is 1720. The minimum Gasteiger partial charge on any atom is -0.369 e. The molecule has 0 spiro atoms. The molecule has 0 radical (unpaired) electrons. The van der Waals surface area contributed by atoms with Gasteiger partial charge in [-0.05, 0) is 65.2 Å². The molecule has 4 aromatic carbocycles. The van der Waals surface area contributed by atoms with Crippen LogP contribution in [0.1, 0.15) is 15.9 Å². The predicted octanol–water partition coefficient (Wildman–Crippen LogP) is 6.01. The summed E-state index contributed by atoms with van der Waals surface area (Å²) in [5, 5.41) is 11.6. The number of carbonyl (C=O) groups is 1. The minimum absolute atomic E-state index is 0.142. The summed E-state index contributed by atoms with van der Waals surface area (Å²) in [4.78, 5) is 27.2. The van der Waals surface area contributed by atoms with Crippen LogP contribution in [0.3, 0.4) is 0 Å². The highest BCUT2D eigenvalue weighted by Gasteiger charge is 2.24. The Hall–Kier alpha value is -3.96. The van der Waals surface area contributed by atoms with Gasteiger partial charge in [0.05, 0.1) is 9.82 Å². The number of nitro benzene ring substituents is 1. The van der Waals surface area contributed by atoms with E-state index in [0.29, 0.717) is 5.02 Å². The van der Waals surface area contributed by atoms with E-state index in [1.807, 2.05) is 41.1 Å². The first-order valence-corrected chi connectivity index (χ1v) is 15.3. The lowest BCUT2D eigenvalue weighted by molar-refractivity contribution is -0.384. The summed E-state index contributed by atoms with van der Waals surface area (Å²) >= 11 is 11.8. The maximum atomic E-state index is 12.7. The van der Waals surface area contributed by atoms with Gasteiger partial charge in [0.25, 0.3) is 21.6 Å². The number of anilines is 1. The SMILES string of the molecule is O=C(NS(=O)(=O)c1ccc(Cl)c([N+](=O)[O-])c1)c1ccc(N2CCN(Cc3ccccc3-c3ccc(Cl)cc3)CC2)cc1. The average Bonchev–Trinajstić information content (AvgIpc) is 2.98. The third-order valence-corrected chi connectivity index (χ3v) is 8.99. The van der Waals surface area contributed by atoms with Gasteiger partial charge in [0.2, 0.25) is 0 Å². The van der Waals surface area contributed by atoms with Crippen molar-refractivity contribution < 1.29 is 18.1 Å². The number of sulfonamides is 1. The molecule has 1 N–H and O–H groups in total. The van der Waals surface area contributed by atoms with E-state index in [2.05, 4.69) is 21.9 Å². The van der Waals surface area contributed by atoms with Gasteiger partial charge in [-0.15, -0.1) is 0 Å². The van der Waals surface area contributed by atoms with Crippen LogP contribution in [-0.2, 0) is 16.6 Å². The van der Waals surface area contributed by atoms with Crippen molar-refractivity contribution in [2.75, 3.05) is 31.1 Å². The molecule has 1 amide bonds. The lowest BCUT2D eigenvalue weighted by atomic mass is 9.99. The van der Waals surface area contributed by atoms with Gasteiger partial charge in [-0.3, -0.25) is 19.8 Å². The molecule has 9 nitrogen and oxygen atoms in total. The molecule has 0 atom stereocenters. The molecule has 0 aromatic heterocycles. The summed E-state index contributed by atoms with van der Waals surface area (Å²) < 4.78 is 27.3. The van der Waals surface area contributed by atoms with E-state index in [0.717, 1.165) is 62.2 Å². The molecule has 1 saturated heterocycles. The summed E-state index contributed by atoms with van der Waals surface area (Å²) in [5.74, 6) is -0.844. The van der Waals surface area contributed by atoms with Gasteiger partial charge in [0.1, 0.15) is 5.02 Å². The lowest BCUT2D eigenvalue weighted by Crippen LogP contribution is -2.46. The number of nitrogens with zero attached hydrogens (tertiary/aromatic N) is 3. The van der Waals surface area contributed by atoms with Crippen molar-refractivity contribution in [3.63, 3.8) is 0 Å². The van der Waals surface area contributed by atoms with Crippen molar-refractivity contribution in [1.82, 2.24) is 9.62 Å². The monoisotopic (exact) mass is 624 g/mol. The van der Waals surface area contributed by atoms with Gasteiger partial charge < -0.3 is 4.90 Å². The number of nitrogens with one attached hydrogen (secondary N) is 1. The number of carbonyl (C=O) groups excluding carboxylic acids is 1. The second-order valence-corrected chi connectivity index (χ2v) is 12.3. The van der Waals surface area contributed by atoms with Crippen molar-refractivity contribution in [1.29, 1.82) is 0 Å². The summed E-state index contributed by atoms with van der Waals surface area (Å²) in [6.45, 7) is 4.10. The number of nitro groups is 1. The fourth-order valence-corrected chi connectivity index (χ4v) is 6.14. The molecular weight excluding hydrogens is 599 g/mol. The van der Waals surface area contributed by atoms with E-state index in [9.17, 15) is 23.3 Å². The molecule has 0 saturated carbocycles. The van der Waals surface area contributed by atoms with E-state index in [-0.39, 0.29) is 10.6 Å². The number of hydrogen-bond donors (Lipinski definition) is 1. The zero-order valence-corrected chi connectivity index (χ0v) is 24.6. The van der Waals surface area contributed by atoms with Crippen LogP contribution in [0.2, 0.25) is 10.0 Å². The average molecular weight is 626 g/mol. The van der Waals surface area contributed by atoms with Crippen LogP contribution in [0.5, 0.6) is 0 Å². The molecular formula is C30H26Cl2N4O5S. The highest BCUT2D eigenvalue weighted by molar-refractivity contribution is 7.90. The number of piperazine rings is 1. The number of amides is 1. The zero-order chi connectivity index (χ0) is 29.9. The van der Waals surface area contributed by atoms with E-state index in [1.54, 1.807) is 24.3 Å². The Labute approximate surface area is 253 Å².